The molecular weight excluding hydrogens is 224 g/mol. The second-order valence-corrected chi connectivity index (χ2v) is 4.29. The molecule has 7 nitrogen and oxygen atoms in total. The number of rotatable bonds is 4. The summed E-state index contributed by atoms with van der Waals surface area (Å²) in [6, 6.07) is 2.78. The quantitative estimate of drug-likeness (QED) is 0.530. The van der Waals surface area contributed by atoms with Gasteiger partial charge in [0.1, 0.15) is 5.82 Å². The second kappa shape index (κ2) is 4.17. The van der Waals surface area contributed by atoms with Gasteiger partial charge in [0.25, 0.3) is 0 Å². The van der Waals surface area contributed by atoms with Crippen molar-refractivity contribution in [3.63, 3.8) is 0 Å². The van der Waals surface area contributed by atoms with Gasteiger partial charge >= 0.3 is 5.69 Å². The predicted octanol–water partition coefficient (Wildman–Crippen LogP) is 0.899. The number of nitrogen functional groups attached to an aromatic ring is 1. The van der Waals surface area contributed by atoms with Crippen LogP contribution in [-0.4, -0.2) is 27.2 Å². The molecule has 0 radical (unpaired) electrons. The van der Waals surface area contributed by atoms with Gasteiger partial charge in [-0.2, -0.15) is 0 Å². The van der Waals surface area contributed by atoms with Crippen LogP contribution in [0.5, 0.6) is 0 Å². The van der Waals surface area contributed by atoms with Crippen LogP contribution >= 0.6 is 0 Å². The highest BCUT2D eigenvalue weighted by atomic mass is 16.6. The molecule has 0 spiro atoms. The number of nitrogens with zero attached hydrogens (tertiary/aromatic N) is 2. The van der Waals surface area contributed by atoms with Crippen molar-refractivity contribution in [1.29, 1.82) is 0 Å². The van der Waals surface area contributed by atoms with E-state index in [0.29, 0.717) is 12.4 Å². The molecule has 1 saturated carbocycles. The SMILES string of the molecule is Nc1nc(NCC2(O)CCC2)ccc1[N+](=O)[O-]. The van der Waals surface area contributed by atoms with Crippen LogP contribution in [0.3, 0.4) is 0 Å². The van der Waals surface area contributed by atoms with E-state index in [9.17, 15) is 15.2 Å². The number of aliphatic hydroxyl groups is 1. The lowest BCUT2D eigenvalue weighted by molar-refractivity contribution is -0.384. The maximum Gasteiger partial charge on any atom is 0.311 e. The van der Waals surface area contributed by atoms with Crippen LogP contribution in [0.25, 0.3) is 0 Å². The maximum absolute atomic E-state index is 10.5. The van der Waals surface area contributed by atoms with Gasteiger partial charge in [0, 0.05) is 12.6 Å². The van der Waals surface area contributed by atoms with Gasteiger partial charge in [-0.05, 0) is 25.3 Å². The Morgan fingerprint density at radius 1 is 1.59 bits per heavy atom. The Bertz CT molecular complexity index is 445. The van der Waals surface area contributed by atoms with Crippen molar-refractivity contribution >= 4 is 17.3 Å². The average molecular weight is 238 g/mol. The fourth-order valence-corrected chi connectivity index (χ4v) is 1.74. The zero-order chi connectivity index (χ0) is 12.5. The highest BCUT2D eigenvalue weighted by Crippen LogP contribution is 2.31. The minimum absolute atomic E-state index is 0.124. The third-order valence-corrected chi connectivity index (χ3v) is 2.98. The van der Waals surface area contributed by atoms with E-state index >= 15 is 0 Å². The van der Waals surface area contributed by atoms with E-state index in [1.807, 2.05) is 0 Å². The summed E-state index contributed by atoms with van der Waals surface area (Å²) in [5.74, 6) is 0.314. The number of pyridine rings is 1. The summed E-state index contributed by atoms with van der Waals surface area (Å²) in [6.07, 6.45) is 2.55. The lowest BCUT2D eigenvalue weighted by Crippen LogP contribution is -2.43. The highest BCUT2D eigenvalue weighted by molar-refractivity contribution is 5.57. The Hall–Kier alpha value is -1.89. The van der Waals surface area contributed by atoms with E-state index in [2.05, 4.69) is 10.3 Å². The van der Waals surface area contributed by atoms with Crippen LogP contribution < -0.4 is 11.1 Å². The molecule has 1 aliphatic rings. The van der Waals surface area contributed by atoms with Gasteiger partial charge in [0.05, 0.1) is 10.5 Å². The van der Waals surface area contributed by atoms with E-state index in [1.54, 1.807) is 0 Å². The lowest BCUT2D eigenvalue weighted by Gasteiger charge is -2.36. The Morgan fingerprint density at radius 2 is 2.29 bits per heavy atom. The zero-order valence-corrected chi connectivity index (χ0v) is 9.22. The summed E-state index contributed by atoms with van der Waals surface area (Å²) >= 11 is 0. The molecule has 92 valence electrons. The molecule has 2 rings (SSSR count). The van der Waals surface area contributed by atoms with Gasteiger partial charge in [0.2, 0.25) is 5.82 Å². The summed E-state index contributed by atoms with van der Waals surface area (Å²) in [7, 11) is 0. The number of nitrogens with two attached hydrogens (primary N) is 1. The number of nitro groups is 1. The fourth-order valence-electron chi connectivity index (χ4n) is 1.74. The molecule has 0 saturated heterocycles. The molecular formula is C10H14N4O3. The minimum atomic E-state index is -0.668. The third-order valence-electron chi connectivity index (χ3n) is 2.98. The molecule has 0 amide bonds. The standard InChI is InChI=1S/C10H14N4O3/c11-9-7(14(16)17)2-3-8(13-9)12-6-10(15)4-1-5-10/h2-3,15H,1,4-6H2,(H3,11,12,13). The molecule has 0 aromatic carbocycles. The van der Waals surface area contributed by atoms with Crippen LogP contribution in [-0.2, 0) is 0 Å². The van der Waals surface area contributed by atoms with E-state index < -0.39 is 10.5 Å². The van der Waals surface area contributed by atoms with Gasteiger partial charge in [-0.3, -0.25) is 10.1 Å². The van der Waals surface area contributed by atoms with E-state index in [4.69, 9.17) is 5.73 Å². The molecule has 1 aliphatic carbocycles. The molecule has 17 heavy (non-hydrogen) atoms. The molecule has 7 heteroatoms. The summed E-state index contributed by atoms with van der Waals surface area (Å²) in [4.78, 5) is 13.8. The largest absolute Gasteiger partial charge is 0.388 e. The van der Waals surface area contributed by atoms with Crippen molar-refractivity contribution in [3.05, 3.63) is 22.2 Å². The molecule has 1 fully saturated rings. The van der Waals surface area contributed by atoms with Gasteiger partial charge in [0.15, 0.2) is 0 Å². The Labute approximate surface area is 97.8 Å². The predicted molar refractivity (Wildman–Crippen MR) is 62.6 cm³/mol. The van der Waals surface area contributed by atoms with Crippen LogP contribution in [0.15, 0.2) is 12.1 Å². The van der Waals surface area contributed by atoms with E-state index in [1.165, 1.54) is 12.1 Å². The van der Waals surface area contributed by atoms with Crippen molar-refractivity contribution in [2.24, 2.45) is 0 Å². The Kier molecular flexibility index (Phi) is 2.84. The number of hydrogen-bond donors (Lipinski definition) is 3. The van der Waals surface area contributed by atoms with Crippen molar-refractivity contribution in [3.8, 4) is 0 Å². The molecule has 0 aliphatic heterocycles. The topological polar surface area (TPSA) is 114 Å². The van der Waals surface area contributed by atoms with Crippen molar-refractivity contribution in [1.82, 2.24) is 4.98 Å². The first-order valence-corrected chi connectivity index (χ1v) is 5.37. The van der Waals surface area contributed by atoms with Gasteiger partial charge in [-0.25, -0.2) is 4.98 Å². The highest BCUT2D eigenvalue weighted by Gasteiger charge is 2.34. The van der Waals surface area contributed by atoms with Gasteiger partial charge < -0.3 is 16.2 Å². The smallest absolute Gasteiger partial charge is 0.311 e. The summed E-state index contributed by atoms with van der Waals surface area (Å²) in [5.41, 5.74) is 4.57. The third kappa shape index (κ3) is 2.44. The van der Waals surface area contributed by atoms with Crippen molar-refractivity contribution in [2.75, 3.05) is 17.6 Å². The average Bonchev–Trinajstić information content (AvgIpc) is 2.23. The molecule has 0 bridgehead atoms. The van der Waals surface area contributed by atoms with E-state index in [-0.39, 0.29) is 11.5 Å². The summed E-state index contributed by atoms with van der Waals surface area (Å²) in [5, 5.41) is 23.3. The van der Waals surface area contributed by atoms with Crippen LogP contribution in [0.4, 0.5) is 17.3 Å². The second-order valence-electron chi connectivity index (χ2n) is 4.29. The van der Waals surface area contributed by atoms with Gasteiger partial charge in [-0.15, -0.1) is 0 Å². The summed E-state index contributed by atoms with van der Waals surface area (Å²) in [6.45, 7) is 0.386. The van der Waals surface area contributed by atoms with Gasteiger partial charge in [-0.1, -0.05) is 0 Å². The normalized spacial score (nSPS) is 17.2. The number of nitrogens with one attached hydrogen (secondary N) is 1. The number of hydrogen-bond acceptors (Lipinski definition) is 6. The van der Waals surface area contributed by atoms with Crippen molar-refractivity contribution < 1.29 is 10.0 Å². The lowest BCUT2D eigenvalue weighted by atomic mass is 9.80. The first-order valence-electron chi connectivity index (χ1n) is 5.37. The fraction of sp³-hybridized carbons (Fsp3) is 0.500. The molecule has 1 aromatic rings. The number of anilines is 2. The summed E-state index contributed by atoms with van der Waals surface area (Å²) < 4.78 is 0. The maximum atomic E-state index is 10.5. The van der Waals surface area contributed by atoms with Crippen LogP contribution in [0, 0.1) is 10.1 Å². The molecule has 1 heterocycles. The minimum Gasteiger partial charge on any atom is -0.388 e. The number of aromatic nitrogens is 1. The molecule has 1 aromatic heterocycles. The van der Waals surface area contributed by atoms with Crippen molar-refractivity contribution in [2.45, 2.75) is 24.9 Å². The molecule has 4 N–H and O–H groups in total. The monoisotopic (exact) mass is 238 g/mol. The first-order chi connectivity index (χ1) is 8.00. The molecule has 0 unspecified atom stereocenters. The van der Waals surface area contributed by atoms with Crippen LogP contribution in [0.1, 0.15) is 19.3 Å². The first kappa shape index (κ1) is 11.6. The van der Waals surface area contributed by atoms with E-state index in [0.717, 1.165) is 19.3 Å². The van der Waals surface area contributed by atoms with Crippen LogP contribution in [0.2, 0.25) is 0 Å². The molecule has 0 atom stereocenters. The Balaban J connectivity index is 2.02. The Morgan fingerprint density at radius 3 is 2.76 bits per heavy atom. The zero-order valence-electron chi connectivity index (χ0n) is 9.22.